The van der Waals surface area contributed by atoms with Gasteiger partial charge in [-0.3, -0.25) is 9.69 Å². The van der Waals surface area contributed by atoms with E-state index >= 15 is 0 Å². The highest BCUT2D eigenvalue weighted by Gasteiger charge is 2.30. The Labute approximate surface area is 164 Å². The predicted octanol–water partition coefficient (Wildman–Crippen LogP) is 4.37. The molecule has 0 radical (unpaired) electrons. The van der Waals surface area contributed by atoms with Crippen LogP contribution >= 0.6 is 0 Å². The Morgan fingerprint density at radius 2 is 1.86 bits per heavy atom. The third kappa shape index (κ3) is 3.60. The summed E-state index contributed by atoms with van der Waals surface area (Å²) in [5.41, 5.74) is 2.44. The van der Waals surface area contributed by atoms with Crippen molar-refractivity contribution in [2.45, 2.75) is 32.6 Å². The zero-order valence-electron chi connectivity index (χ0n) is 15.9. The van der Waals surface area contributed by atoms with Crippen molar-refractivity contribution >= 4 is 23.8 Å². The summed E-state index contributed by atoms with van der Waals surface area (Å²) >= 11 is 0. The van der Waals surface area contributed by atoms with E-state index in [-0.39, 0.29) is 5.91 Å². The Kier molecular flexibility index (Phi) is 5.06. The van der Waals surface area contributed by atoms with Gasteiger partial charge in [-0.05, 0) is 43.5 Å². The van der Waals surface area contributed by atoms with Crippen LogP contribution in [0.5, 0.6) is 5.75 Å². The molecule has 0 bridgehead atoms. The molecule has 28 heavy (non-hydrogen) atoms. The van der Waals surface area contributed by atoms with Crippen molar-refractivity contribution < 1.29 is 14.3 Å². The molecule has 2 aliphatic heterocycles. The summed E-state index contributed by atoms with van der Waals surface area (Å²) in [5.74, 6) is 0.778. The summed E-state index contributed by atoms with van der Waals surface area (Å²) in [6.45, 7) is 2.59. The molecule has 2 aliphatic rings. The standard InChI is InChI=1S/C23H22N2O3/c1-16-9-4-6-11-18(16)23(27)28-20-12-7-5-10-17(20)15-19-22(26)25-14-8-2-3-13-21(25)24-19/h4-7,9-12,15H,2-3,8,13-14H2,1H3/b19-15-. The fourth-order valence-corrected chi connectivity index (χ4v) is 3.54. The number of carbonyl (C=O) groups excluding carboxylic acids is 2. The Bertz CT molecular complexity index is 991. The van der Waals surface area contributed by atoms with Gasteiger partial charge in [0, 0.05) is 18.5 Å². The molecule has 5 heteroatoms. The third-order valence-corrected chi connectivity index (χ3v) is 5.09. The molecule has 0 atom stereocenters. The highest BCUT2D eigenvalue weighted by molar-refractivity contribution is 6.14. The first-order chi connectivity index (χ1) is 13.6. The summed E-state index contributed by atoms with van der Waals surface area (Å²) in [6.07, 6.45) is 5.72. The van der Waals surface area contributed by atoms with Crippen molar-refractivity contribution in [1.82, 2.24) is 4.90 Å². The van der Waals surface area contributed by atoms with E-state index < -0.39 is 5.97 Å². The van der Waals surface area contributed by atoms with Crippen molar-refractivity contribution in [2.75, 3.05) is 6.54 Å². The van der Waals surface area contributed by atoms with Crippen LogP contribution < -0.4 is 4.74 Å². The van der Waals surface area contributed by atoms with Gasteiger partial charge in [0.1, 0.15) is 17.3 Å². The molecule has 1 fully saturated rings. The van der Waals surface area contributed by atoms with E-state index in [0.717, 1.165) is 43.6 Å². The molecule has 0 unspecified atom stereocenters. The average molecular weight is 374 g/mol. The van der Waals surface area contributed by atoms with E-state index in [1.165, 1.54) is 0 Å². The van der Waals surface area contributed by atoms with Gasteiger partial charge in [0.05, 0.1) is 5.56 Å². The van der Waals surface area contributed by atoms with Crippen LogP contribution in [0.15, 0.2) is 59.2 Å². The molecule has 142 valence electrons. The fraction of sp³-hybridized carbons (Fsp3) is 0.261. The fourth-order valence-electron chi connectivity index (χ4n) is 3.54. The zero-order valence-corrected chi connectivity index (χ0v) is 15.9. The van der Waals surface area contributed by atoms with E-state index in [0.29, 0.717) is 22.6 Å². The van der Waals surface area contributed by atoms with Gasteiger partial charge in [-0.2, -0.15) is 0 Å². The monoisotopic (exact) mass is 374 g/mol. The first-order valence-corrected chi connectivity index (χ1v) is 9.61. The summed E-state index contributed by atoms with van der Waals surface area (Å²) in [4.78, 5) is 31.6. The number of esters is 1. The molecule has 2 aromatic carbocycles. The maximum Gasteiger partial charge on any atom is 0.343 e. The number of benzene rings is 2. The van der Waals surface area contributed by atoms with Gasteiger partial charge in [0.15, 0.2) is 0 Å². The van der Waals surface area contributed by atoms with Gasteiger partial charge >= 0.3 is 5.97 Å². The van der Waals surface area contributed by atoms with Crippen molar-refractivity contribution in [2.24, 2.45) is 4.99 Å². The Morgan fingerprint density at radius 3 is 2.71 bits per heavy atom. The molecule has 4 rings (SSSR count). The van der Waals surface area contributed by atoms with Crippen LogP contribution in [0.25, 0.3) is 6.08 Å². The van der Waals surface area contributed by atoms with Crippen LogP contribution in [0.2, 0.25) is 0 Å². The van der Waals surface area contributed by atoms with E-state index in [1.807, 2.05) is 37.3 Å². The molecule has 1 amide bonds. The predicted molar refractivity (Wildman–Crippen MR) is 108 cm³/mol. The molecule has 0 saturated carbocycles. The number of ether oxygens (including phenoxy) is 1. The topological polar surface area (TPSA) is 59.0 Å². The lowest BCUT2D eigenvalue weighted by Crippen LogP contribution is -2.31. The molecule has 0 spiro atoms. The first kappa shape index (κ1) is 18.2. The summed E-state index contributed by atoms with van der Waals surface area (Å²) in [5, 5.41) is 0. The highest BCUT2D eigenvalue weighted by Crippen LogP contribution is 2.27. The van der Waals surface area contributed by atoms with Gasteiger partial charge in [0.2, 0.25) is 0 Å². The van der Waals surface area contributed by atoms with E-state index in [4.69, 9.17) is 4.74 Å². The number of amidine groups is 1. The average Bonchev–Trinajstić information content (AvgIpc) is 2.85. The van der Waals surface area contributed by atoms with Crippen LogP contribution in [0.3, 0.4) is 0 Å². The number of rotatable bonds is 3. The second-order valence-corrected chi connectivity index (χ2v) is 7.07. The van der Waals surface area contributed by atoms with Crippen molar-refractivity contribution in [1.29, 1.82) is 0 Å². The SMILES string of the molecule is Cc1ccccc1C(=O)Oc1ccccc1/C=C1\N=C2CCCCCN2C1=O. The lowest BCUT2D eigenvalue weighted by molar-refractivity contribution is -0.122. The van der Waals surface area contributed by atoms with E-state index in [2.05, 4.69) is 4.99 Å². The summed E-state index contributed by atoms with van der Waals surface area (Å²) in [6, 6.07) is 14.5. The molecule has 0 aliphatic carbocycles. The maximum atomic E-state index is 12.7. The molecule has 2 heterocycles. The number of fused-ring (bicyclic) bond motifs is 1. The Hall–Kier alpha value is -3.21. The summed E-state index contributed by atoms with van der Waals surface area (Å²) in [7, 11) is 0. The lowest BCUT2D eigenvalue weighted by atomic mass is 10.1. The number of aryl methyl sites for hydroxylation is 1. The van der Waals surface area contributed by atoms with Crippen LogP contribution in [0.4, 0.5) is 0 Å². The second kappa shape index (κ2) is 7.80. The Morgan fingerprint density at radius 1 is 1.07 bits per heavy atom. The minimum absolute atomic E-state index is 0.0723. The van der Waals surface area contributed by atoms with Gasteiger partial charge in [0.25, 0.3) is 5.91 Å². The minimum atomic E-state index is -0.415. The summed E-state index contributed by atoms with van der Waals surface area (Å²) < 4.78 is 5.64. The molecule has 0 N–H and O–H groups in total. The number of carbonyl (C=O) groups is 2. The first-order valence-electron chi connectivity index (χ1n) is 9.61. The smallest absolute Gasteiger partial charge is 0.343 e. The molecule has 0 aromatic heterocycles. The molecule has 5 nitrogen and oxygen atoms in total. The van der Waals surface area contributed by atoms with Gasteiger partial charge in [-0.1, -0.05) is 42.8 Å². The van der Waals surface area contributed by atoms with Crippen molar-refractivity contribution in [3.05, 3.63) is 70.9 Å². The van der Waals surface area contributed by atoms with Gasteiger partial charge < -0.3 is 4.74 Å². The zero-order chi connectivity index (χ0) is 19.5. The van der Waals surface area contributed by atoms with Crippen molar-refractivity contribution in [3.63, 3.8) is 0 Å². The van der Waals surface area contributed by atoms with Crippen LogP contribution in [-0.4, -0.2) is 29.2 Å². The maximum absolute atomic E-state index is 12.7. The second-order valence-electron chi connectivity index (χ2n) is 7.07. The van der Waals surface area contributed by atoms with E-state index in [9.17, 15) is 9.59 Å². The van der Waals surface area contributed by atoms with Crippen molar-refractivity contribution in [3.8, 4) is 5.75 Å². The molecule has 1 saturated heterocycles. The van der Waals surface area contributed by atoms with Crippen LogP contribution in [0.1, 0.15) is 47.2 Å². The number of para-hydroxylation sites is 1. The van der Waals surface area contributed by atoms with Gasteiger partial charge in [-0.15, -0.1) is 0 Å². The lowest BCUT2D eigenvalue weighted by Gasteiger charge is -2.14. The van der Waals surface area contributed by atoms with E-state index in [1.54, 1.807) is 29.2 Å². The normalized spacial score (nSPS) is 17.9. The molecular weight excluding hydrogens is 352 g/mol. The van der Waals surface area contributed by atoms with Gasteiger partial charge in [-0.25, -0.2) is 9.79 Å². The number of aliphatic imine (C=N–C) groups is 1. The quantitative estimate of drug-likeness (QED) is 0.455. The number of hydrogen-bond donors (Lipinski definition) is 0. The highest BCUT2D eigenvalue weighted by atomic mass is 16.5. The number of nitrogens with zero attached hydrogens (tertiary/aromatic N) is 2. The largest absolute Gasteiger partial charge is 0.422 e. The molecular formula is C23H22N2O3. The Balaban J connectivity index is 1.62. The number of amides is 1. The van der Waals surface area contributed by atoms with Crippen LogP contribution in [-0.2, 0) is 4.79 Å². The molecule has 2 aromatic rings. The minimum Gasteiger partial charge on any atom is -0.422 e. The third-order valence-electron chi connectivity index (χ3n) is 5.09. The number of hydrogen-bond acceptors (Lipinski definition) is 4. The van der Waals surface area contributed by atoms with Crippen LogP contribution in [0, 0.1) is 6.92 Å².